The minimum Gasteiger partial charge on any atom is -0.441 e. The monoisotopic (exact) mass is 220 g/mol. The molecule has 2 heterocycles. The molecule has 16 heavy (non-hydrogen) atoms. The summed E-state index contributed by atoms with van der Waals surface area (Å²) in [6.07, 6.45) is 2.00. The van der Waals surface area contributed by atoms with E-state index in [4.69, 9.17) is 4.42 Å². The van der Waals surface area contributed by atoms with E-state index in [0.29, 0.717) is 22.9 Å². The molecule has 1 aliphatic heterocycles. The van der Waals surface area contributed by atoms with Crippen LogP contribution in [-0.4, -0.2) is 18.1 Å². The first-order chi connectivity index (χ1) is 7.81. The van der Waals surface area contributed by atoms with Gasteiger partial charge in [-0.1, -0.05) is 0 Å². The van der Waals surface area contributed by atoms with Crippen molar-refractivity contribution in [3.63, 3.8) is 0 Å². The van der Waals surface area contributed by atoms with Crippen LogP contribution >= 0.6 is 0 Å². The van der Waals surface area contributed by atoms with E-state index in [1.54, 1.807) is 6.07 Å². The van der Waals surface area contributed by atoms with Gasteiger partial charge >= 0.3 is 0 Å². The number of hydrogen-bond donors (Lipinski definition) is 1. The van der Waals surface area contributed by atoms with Gasteiger partial charge in [0, 0.05) is 12.5 Å². The molecule has 2 aromatic rings. The van der Waals surface area contributed by atoms with Gasteiger partial charge in [0.1, 0.15) is 11.3 Å². The van der Waals surface area contributed by atoms with Crippen molar-refractivity contribution in [2.24, 2.45) is 5.92 Å². The molecule has 0 radical (unpaired) electrons. The molecule has 0 spiro atoms. The predicted molar refractivity (Wildman–Crippen MR) is 58.6 cm³/mol. The third-order valence-corrected chi connectivity index (χ3v) is 3.02. The highest BCUT2D eigenvalue weighted by Crippen LogP contribution is 2.20. The number of nitrogens with zero attached hydrogens (tertiary/aromatic N) is 1. The van der Waals surface area contributed by atoms with Gasteiger partial charge in [0.2, 0.25) is 0 Å². The Morgan fingerprint density at radius 2 is 2.44 bits per heavy atom. The Hall–Kier alpha value is -1.42. The van der Waals surface area contributed by atoms with Crippen molar-refractivity contribution in [3.05, 3.63) is 29.9 Å². The van der Waals surface area contributed by atoms with Gasteiger partial charge in [-0.25, -0.2) is 9.37 Å². The van der Waals surface area contributed by atoms with E-state index in [1.165, 1.54) is 12.1 Å². The van der Waals surface area contributed by atoms with Crippen molar-refractivity contribution in [2.75, 3.05) is 13.1 Å². The largest absolute Gasteiger partial charge is 0.441 e. The molecular weight excluding hydrogens is 207 g/mol. The quantitative estimate of drug-likeness (QED) is 0.842. The second kappa shape index (κ2) is 3.87. The average Bonchev–Trinajstić information content (AvgIpc) is 2.86. The van der Waals surface area contributed by atoms with Crippen LogP contribution in [0.3, 0.4) is 0 Å². The van der Waals surface area contributed by atoms with Gasteiger partial charge in [0.25, 0.3) is 0 Å². The summed E-state index contributed by atoms with van der Waals surface area (Å²) in [5.74, 6) is 1.04. The van der Waals surface area contributed by atoms with Crippen molar-refractivity contribution in [2.45, 2.75) is 12.8 Å². The van der Waals surface area contributed by atoms with E-state index in [9.17, 15) is 4.39 Å². The Morgan fingerprint density at radius 3 is 3.25 bits per heavy atom. The average molecular weight is 220 g/mol. The number of halogens is 1. The summed E-state index contributed by atoms with van der Waals surface area (Å²) in [6, 6.07) is 4.44. The maximum absolute atomic E-state index is 13.0. The Bertz CT molecular complexity index is 503. The summed E-state index contributed by atoms with van der Waals surface area (Å²) in [5, 5.41) is 3.31. The molecule has 0 bridgehead atoms. The lowest BCUT2D eigenvalue weighted by atomic mass is 10.1. The van der Waals surface area contributed by atoms with Crippen molar-refractivity contribution < 1.29 is 8.81 Å². The van der Waals surface area contributed by atoms with Crippen LogP contribution in [0.1, 0.15) is 12.3 Å². The highest BCUT2D eigenvalue weighted by Gasteiger charge is 2.18. The first kappa shape index (κ1) is 9.78. The van der Waals surface area contributed by atoms with Crippen LogP contribution in [0, 0.1) is 11.7 Å². The fourth-order valence-corrected chi connectivity index (χ4v) is 2.17. The summed E-state index contributed by atoms with van der Waals surface area (Å²) >= 11 is 0. The third-order valence-electron chi connectivity index (χ3n) is 3.02. The minimum absolute atomic E-state index is 0.269. The molecule has 3 nitrogen and oxygen atoms in total. The normalized spacial score (nSPS) is 20.7. The SMILES string of the molecule is Fc1ccc2oc(CC3CCNC3)nc2c1. The summed E-state index contributed by atoms with van der Waals surface area (Å²) in [6.45, 7) is 2.09. The minimum atomic E-state index is -0.269. The first-order valence-electron chi connectivity index (χ1n) is 5.57. The molecule has 1 aromatic carbocycles. The Labute approximate surface area is 92.7 Å². The van der Waals surface area contributed by atoms with E-state index in [-0.39, 0.29) is 5.82 Å². The van der Waals surface area contributed by atoms with Gasteiger partial charge in [-0.15, -0.1) is 0 Å². The van der Waals surface area contributed by atoms with Gasteiger partial charge in [-0.2, -0.15) is 0 Å². The number of nitrogens with one attached hydrogen (secondary N) is 1. The molecule has 1 aromatic heterocycles. The van der Waals surface area contributed by atoms with Crippen LogP contribution in [0.15, 0.2) is 22.6 Å². The molecule has 0 saturated carbocycles. The number of aromatic nitrogens is 1. The maximum Gasteiger partial charge on any atom is 0.195 e. The fourth-order valence-electron chi connectivity index (χ4n) is 2.17. The van der Waals surface area contributed by atoms with Crippen LogP contribution in [-0.2, 0) is 6.42 Å². The summed E-state index contributed by atoms with van der Waals surface area (Å²) in [5.41, 5.74) is 1.28. The van der Waals surface area contributed by atoms with E-state index in [2.05, 4.69) is 10.3 Å². The second-order valence-electron chi connectivity index (χ2n) is 4.28. The second-order valence-corrected chi connectivity index (χ2v) is 4.28. The van der Waals surface area contributed by atoms with E-state index in [0.717, 1.165) is 25.9 Å². The van der Waals surface area contributed by atoms with Gasteiger partial charge in [-0.3, -0.25) is 0 Å². The molecular formula is C12H13FN2O. The number of rotatable bonds is 2. The Morgan fingerprint density at radius 1 is 1.50 bits per heavy atom. The lowest BCUT2D eigenvalue weighted by Gasteiger charge is -2.02. The molecule has 3 rings (SSSR count). The molecule has 1 aliphatic rings. The Balaban J connectivity index is 1.86. The van der Waals surface area contributed by atoms with Crippen molar-refractivity contribution in [1.82, 2.24) is 10.3 Å². The highest BCUT2D eigenvalue weighted by molar-refractivity contribution is 5.72. The lowest BCUT2D eigenvalue weighted by Crippen LogP contribution is -2.10. The molecule has 1 saturated heterocycles. The van der Waals surface area contributed by atoms with E-state index in [1.807, 2.05) is 0 Å². The zero-order valence-electron chi connectivity index (χ0n) is 8.87. The van der Waals surface area contributed by atoms with Crippen LogP contribution in [0.5, 0.6) is 0 Å². The number of hydrogen-bond acceptors (Lipinski definition) is 3. The topological polar surface area (TPSA) is 38.1 Å². The van der Waals surface area contributed by atoms with Crippen molar-refractivity contribution in [3.8, 4) is 0 Å². The zero-order chi connectivity index (χ0) is 11.0. The fraction of sp³-hybridized carbons (Fsp3) is 0.417. The van der Waals surface area contributed by atoms with Crippen molar-refractivity contribution in [1.29, 1.82) is 0 Å². The van der Waals surface area contributed by atoms with Crippen LogP contribution in [0.25, 0.3) is 11.1 Å². The predicted octanol–water partition coefficient (Wildman–Crippen LogP) is 2.12. The van der Waals surface area contributed by atoms with Crippen molar-refractivity contribution >= 4 is 11.1 Å². The summed E-state index contributed by atoms with van der Waals surface area (Å²) in [7, 11) is 0. The molecule has 1 atom stereocenters. The third kappa shape index (κ3) is 1.80. The number of benzene rings is 1. The molecule has 1 N–H and O–H groups in total. The molecule has 0 amide bonds. The molecule has 84 valence electrons. The molecule has 1 unspecified atom stereocenters. The summed E-state index contributed by atoms with van der Waals surface area (Å²) < 4.78 is 18.5. The number of oxazole rings is 1. The van der Waals surface area contributed by atoms with Crippen LogP contribution in [0.2, 0.25) is 0 Å². The smallest absolute Gasteiger partial charge is 0.195 e. The van der Waals surface area contributed by atoms with Gasteiger partial charge in [0.05, 0.1) is 0 Å². The lowest BCUT2D eigenvalue weighted by molar-refractivity contribution is 0.462. The summed E-state index contributed by atoms with van der Waals surface area (Å²) in [4.78, 5) is 4.30. The van der Waals surface area contributed by atoms with Gasteiger partial charge in [-0.05, 0) is 37.6 Å². The number of fused-ring (bicyclic) bond motifs is 1. The van der Waals surface area contributed by atoms with Gasteiger partial charge < -0.3 is 9.73 Å². The molecule has 1 fully saturated rings. The zero-order valence-corrected chi connectivity index (χ0v) is 8.87. The molecule has 4 heteroatoms. The van der Waals surface area contributed by atoms with E-state index < -0.39 is 0 Å². The molecule has 0 aliphatic carbocycles. The first-order valence-corrected chi connectivity index (χ1v) is 5.57. The van der Waals surface area contributed by atoms with Gasteiger partial charge in [0.15, 0.2) is 11.5 Å². The van der Waals surface area contributed by atoms with Crippen LogP contribution < -0.4 is 5.32 Å². The van der Waals surface area contributed by atoms with Crippen LogP contribution in [0.4, 0.5) is 4.39 Å². The Kier molecular flexibility index (Phi) is 2.36. The maximum atomic E-state index is 13.0. The standard InChI is InChI=1S/C12H13FN2O/c13-9-1-2-11-10(6-9)15-12(16-11)5-8-3-4-14-7-8/h1-2,6,8,14H,3-5,7H2. The van der Waals surface area contributed by atoms with E-state index >= 15 is 0 Å². The highest BCUT2D eigenvalue weighted by atomic mass is 19.1.